The number of hydrogen-bond acceptors (Lipinski definition) is 4. The van der Waals surface area contributed by atoms with Crippen molar-refractivity contribution in [3.05, 3.63) is 48.0 Å². The van der Waals surface area contributed by atoms with Crippen LogP contribution in [0.2, 0.25) is 0 Å². The number of amides is 2. The second kappa shape index (κ2) is 7.34. The lowest BCUT2D eigenvalue weighted by Gasteiger charge is -2.19. The Balaban J connectivity index is 1.80. The van der Waals surface area contributed by atoms with Gasteiger partial charge in [0.1, 0.15) is 12.1 Å². The van der Waals surface area contributed by atoms with E-state index >= 15 is 0 Å². The predicted octanol–water partition coefficient (Wildman–Crippen LogP) is 1.32. The lowest BCUT2D eigenvalue weighted by Crippen LogP contribution is -2.50. The molecule has 0 bridgehead atoms. The van der Waals surface area contributed by atoms with Crippen LogP contribution >= 0.6 is 0 Å². The number of esters is 1. The SMILES string of the molecule is COC(=O)[C@H](Cc1cccc2ccccc12)NC(=O)[C@@H]1CCC(=O)N1. The summed E-state index contributed by atoms with van der Waals surface area (Å²) < 4.78 is 4.84. The Morgan fingerprint density at radius 3 is 2.72 bits per heavy atom. The van der Waals surface area contributed by atoms with Gasteiger partial charge in [0.05, 0.1) is 7.11 Å². The summed E-state index contributed by atoms with van der Waals surface area (Å²) in [6.45, 7) is 0. The Morgan fingerprint density at radius 1 is 1.24 bits per heavy atom. The minimum Gasteiger partial charge on any atom is -0.467 e. The third-order valence-electron chi connectivity index (χ3n) is 4.42. The quantitative estimate of drug-likeness (QED) is 0.804. The van der Waals surface area contributed by atoms with Gasteiger partial charge in [-0.25, -0.2) is 4.79 Å². The number of hydrogen-bond donors (Lipinski definition) is 2. The number of fused-ring (bicyclic) bond motifs is 1. The van der Waals surface area contributed by atoms with E-state index in [0.717, 1.165) is 16.3 Å². The van der Waals surface area contributed by atoms with Crippen LogP contribution in [0.25, 0.3) is 10.8 Å². The summed E-state index contributed by atoms with van der Waals surface area (Å²) in [5.74, 6) is -1.02. The number of benzene rings is 2. The van der Waals surface area contributed by atoms with Gasteiger partial charge >= 0.3 is 5.97 Å². The van der Waals surface area contributed by atoms with Crippen LogP contribution in [0.3, 0.4) is 0 Å². The summed E-state index contributed by atoms with van der Waals surface area (Å²) in [6, 6.07) is 12.3. The van der Waals surface area contributed by atoms with Crippen molar-refractivity contribution in [2.45, 2.75) is 31.3 Å². The van der Waals surface area contributed by atoms with Crippen LogP contribution in [0.5, 0.6) is 0 Å². The topological polar surface area (TPSA) is 84.5 Å². The zero-order valence-corrected chi connectivity index (χ0v) is 14.0. The molecule has 6 heteroatoms. The number of carbonyl (C=O) groups is 3. The van der Waals surface area contributed by atoms with Crippen molar-refractivity contribution in [1.82, 2.24) is 10.6 Å². The highest BCUT2D eigenvalue weighted by molar-refractivity contribution is 5.93. The van der Waals surface area contributed by atoms with Gasteiger partial charge in [-0.1, -0.05) is 42.5 Å². The molecule has 1 aliphatic heterocycles. The van der Waals surface area contributed by atoms with Crippen molar-refractivity contribution in [1.29, 1.82) is 0 Å². The molecule has 2 atom stereocenters. The maximum absolute atomic E-state index is 12.3. The predicted molar refractivity (Wildman–Crippen MR) is 92.8 cm³/mol. The van der Waals surface area contributed by atoms with Crippen LogP contribution < -0.4 is 10.6 Å². The fraction of sp³-hybridized carbons (Fsp3) is 0.316. The van der Waals surface area contributed by atoms with E-state index < -0.39 is 18.1 Å². The number of methoxy groups -OCH3 is 1. The Hall–Kier alpha value is -2.89. The van der Waals surface area contributed by atoms with Gasteiger partial charge in [0, 0.05) is 12.8 Å². The van der Waals surface area contributed by atoms with Gasteiger partial charge in [-0.15, -0.1) is 0 Å². The summed E-state index contributed by atoms with van der Waals surface area (Å²) >= 11 is 0. The summed E-state index contributed by atoms with van der Waals surface area (Å²) in [4.78, 5) is 35.8. The first-order valence-corrected chi connectivity index (χ1v) is 8.22. The molecule has 2 N–H and O–H groups in total. The normalized spacial score (nSPS) is 17.8. The molecule has 130 valence electrons. The molecule has 0 spiro atoms. The highest BCUT2D eigenvalue weighted by Gasteiger charge is 2.31. The smallest absolute Gasteiger partial charge is 0.328 e. The molecule has 2 aromatic rings. The molecule has 0 radical (unpaired) electrons. The molecule has 0 aromatic heterocycles. The Kier molecular flexibility index (Phi) is 4.97. The van der Waals surface area contributed by atoms with Crippen molar-refractivity contribution < 1.29 is 19.1 Å². The fourth-order valence-electron chi connectivity index (χ4n) is 3.11. The van der Waals surface area contributed by atoms with Gasteiger partial charge in [-0.3, -0.25) is 9.59 Å². The monoisotopic (exact) mass is 340 g/mol. The van der Waals surface area contributed by atoms with Crippen molar-refractivity contribution in [3.63, 3.8) is 0 Å². The Bertz CT molecular complexity index is 813. The van der Waals surface area contributed by atoms with Crippen LogP contribution in [0.4, 0.5) is 0 Å². The molecule has 1 saturated heterocycles. The first kappa shape index (κ1) is 17.0. The van der Waals surface area contributed by atoms with E-state index in [0.29, 0.717) is 19.3 Å². The standard InChI is InChI=1S/C19H20N2O4/c1-25-19(24)16(21-18(23)15-9-10-17(22)20-15)11-13-7-4-6-12-5-2-3-8-14(12)13/h2-8,15-16H,9-11H2,1H3,(H,20,22)(H,21,23)/t15-,16-/m0/s1. The molecule has 1 heterocycles. The molecular weight excluding hydrogens is 320 g/mol. The number of nitrogens with one attached hydrogen (secondary N) is 2. The van der Waals surface area contributed by atoms with E-state index in [1.807, 2.05) is 42.5 Å². The van der Waals surface area contributed by atoms with Gasteiger partial charge in [0.25, 0.3) is 0 Å². The van der Waals surface area contributed by atoms with Crippen LogP contribution in [-0.2, 0) is 25.5 Å². The van der Waals surface area contributed by atoms with Gasteiger partial charge in [-0.05, 0) is 22.8 Å². The number of carbonyl (C=O) groups excluding carboxylic acids is 3. The van der Waals surface area contributed by atoms with E-state index in [2.05, 4.69) is 10.6 Å². The Morgan fingerprint density at radius 2 is 2.00 bits per heavy atom. The molecule has 0 saturated carbocycles. The highest BCUT2D eigenvalue weighted by Crippen LogP contribution is 2.20. The minimum absolute atomic E-state index is 0.149. The third-order valence-corrected chi connectivity index (χ3v) is 4.42. The van der Waals surface area contributed by atoms with Crippen molar-refractivity contribution in [3.8, 4) is 0 Å². The maximum Gasteiger partial charge on any atom is 0.328 e. The molecule has 25 heavy (non-hydrogen) atoms. The Labute approximate surface area is 145 Å². The largest absolute Gasteiger partial charge is 0.467 e. The molecule has 6 nitrogen and oxygen atoms in total. The summed E-state index contributed by atoms with van der Waals surface area (Å²) in [7, 11) is 1.29. The van der Waals surface area contributed by atoms with Gasteiger partial charge in [0.2, 0.25) is 11.8 Å². The first-order chi connectivity index (χ1) is 12.1. The lowest BCUT2D eigenvalue weighted by atomic mass is 9.98. The van der Waals surface area contributed by atoms with E-state index in [9.17, 15) is 14.4 Å². The molecule has 2 aromatic carbocycles. The molecule has 0 aliphatic carbocycles. The second-order valence-corrected chi connectivity index (χ2v) is 6.09. The van der Waals surface area contributed by atoms with Crippen molar-refractivity contribution in [2.24, 2.45) is 0 Å². The third kappa shape index (κ3) is 3.79. The fourth-order valence-corrected chi connectivity index (χ4v) is 3.11. The molecule has 1 aliphatic rings. The highest BCUT2D eigenvalue weighted by atomic mass is 16.5. The molecule has 0 unspecified atom stereocenters. The zero-order chi connectivity index (χ0) is 17.8. The van der Waals surface area contributed by atoms with E-state index in [4.69, 9.17) is 4.74 Å². The molecular formula is C19H20N2O4. The van der Waals surface area contributed by atoms with E-state index in [1.54, 1.807) is 0 Å². The molecule has 1 fully saturated rings. The average molecular weight is 340 g/mol. The number of ether oxygens (including phenoxy) is 1. The van der Waals surface area contributed by atoms with Crippen LogP contribution in [0, 0.1) is 0 Å². The van der Waals surface area contributed by atoms with Crippen LogP contribution in [0.1, 0.15) is 18.4 Å². The van der Waals surface area contributed by atoms with Gasteiger partial charge in [0.15, 0.2) is 0 Å². The van der Waals surface area contributed by atoms with Gasteiger partial charge in [-0.2, -0.15) is 0 Å². The summed E-state index contributed by atoms with van der Waals surface area (Å²) in [6.07, 6.45) is 1.08. The zero-order valence-electron chi connectivity index (χ0n) is 14.0. The van der Waals surface area contributed by atoms with Crippen molar-refractivity contribution >= 4 is 28.6 Å². The lowest BCUT2D eigenvalue weighted by molar-refractivity contribution is -0.145. The molecule has 3 rings (SSSR count). The van der Waals surface area contributed by atoms with Crippen molar-refractivity contribution in [2.75, 3.05) is 7.11 Å². The number of rotatable bonds is 5. The first-order valence-electron chi connectivity index (χ1n) is 8.22. The minimum atomic E-state index is -0.805. The molecule has 2 amide bonds. The van der Waals surface area contributed by atoms with Gasteiger partial charge < -0.3 is 15.4 Å². The van der Waals surface area contributed by atoms with Crippen LogP contribution in [-0.4, -0.2) is 37.0 Å². The summed E-state index contributed by atoms with van der Waals surface area (Å²) in [5, 5.41) is 7.42. The van der Waals surface area contributed by atoms with Crippen LogP contribution in [0.15, 0.2) is 42.5 Å². The average Bonchev–Trinajstić information content (AvgIpc) is 3.07. The second-order valence-electron chi connectivity index (χ2n) is 6.09. The van der Waals surface area contributed by atoms with E-state index in [-0.39, 0.29) is 11.8 Å². The maximum atomic E-state index is 12.3. The van der Waals surface area contributed by atoms with E-state index in [1.165, 1.54) is 7.11 Å². The summed E-state index contributed by atoms with van der Waals surface area (Å²) in [5.41, 5.74) is 0.948.